The molecule has 1 aromatic carbocycles. The molecule has 0 radical (unpaired) electrons. The summed E-state index contributed by atoms with van der Waals surface area (Å²) in [6.07, 6.45) is -4.50. The zero-order valence-corrected chi connectivity index (χ0v) is 11.3. The number of alkyl halides is 3. The average Bonchev–Trinajstić information content (AvgIpc) is 2.35. The monoisotopic (exact) mass is 310 g/mol. The van der Waals surface area contributed by atoms with Gasteiger partial charge in [-0.3, -0.25) is 9.00 Å². The van der Waals surface area contributed by atoms with E-state index in [0.29, 0.717) is 5.69 Å². The lowest BCUT2D eigenvalue weighted by Gasteiger charge is -2.10. The number of carbonyl (C=O) groups excluding carboxylic acids is 1. The molecule has 3 N–H and O–H groups in total. The number of anilines is 1. The first-order valence-corrected chi connectivity index (χ1v) is 6.70. The summed E-state index contributed by atoms with van der Waals surface area (Å²) >= 11 is 0. The Labute approximate surface area is 115 Å². The summed E-state index contributed by atoms with van der Waals surface area (Å²) in [7, 11) is -0.489. The summed E-state index contributed by atoms with van der Waals surface area (Å²) in [5.41, 5.74) is 5.90. The van der Waals surface area contributed by atoms with Crippen LogP contribution < -0.4 is 15.8 Å². The number of halogens is 3. The number of ether oxygens (including phenoxy) is 1. The molecule has 1 aromatic rings. The molecule has 0 fully saturated rings. The van der Waals surface area contributed by atoms with E-state index in [0.717, 1.165) is 0 Å². The third-order valence-electron chi connectivity index (χ3n) is 2.18. The van der Waals surface area contributed by atoms with Gasteiger partial charge >= 0.3 is 6.18 Å². The maximum Gasteiger partial charge on any atom is 0.405 e. The minimum atomic E-state index is -4.50. The molecule has 1 unspecified atom stereocenters. The highest BCUT2D eigenvalue weighted by atomic mass is 32.2. The molecule has 1 amide bonds. The Kier molecular flexibility index (Phi) is 5.37. The second-order valence-corrected chi connectivity index (χ2v) is 5.21. The molecule has 0 bridgehead atoms. The Bertz CT molecular complexity index is 520. The number of nitrogen functional groups attached to an aromatic ring is 1. The van der Waals surface area contributed by atoms with Gasteiger partial charge in [0, 0.05) is 11.8 Å². The van der Waals surface area contributed by atoms with Gasteiger partial charge in [0.2, 0.25) is 5.91 Å². The molecule has 0 aliphatic carbocycles. The molecule has 0 saturated carbocycles. The van der Waals surface area contributed by atoms with Gasteiger partial charge in [0.05, 0.1) is 22.8 Å². The number of nitrogens with one attached hydrogen (secondary N) is 1. The van der Waals surface area contributed by atoms with Gasteiger partial charge in [-0.05, 0) is 12.1 Å². The van der Waals surface area contributed by atoms with Crippen molar-refractivity contribution in [2.24, 2.45) is 0 Å². The second-order valence-electron chi connectivity index (χ2n) is 3.79. The molecule has 0 spiro atoms. The first-order chi connectivity index (χ1) is 9.23. The molecule has 0 aliphatic heterocycles. The minimum absolute atomic E-state index is 0.198. The van der Waals surface area contributed by atoms with Gasteiger partial charge in [-0.1, -0.05) is 0 Å². The summed E-state index contributed by atoms with van der Waals surface area (Å²) < 4.78 is 52.6. The van der Waals surface area contributed by atoms with Crippen LogP contribution in [0.4, 0.5) is 18.9 Å². The highest BCUT2D eigenvalue weighted by Gasteiger charge is 2.28. The van der Waals surface area contributed by atoms with E-state index in [1.54, 1.807) is 5.32 Å². The molecule has 0 heterocycles. The predicted molar refractivity (Wildman–Crippen MR) is 67.7 cm³/mol. The van der Waals surface area contributed by atoms with Crippen LogP contribution in [0.3, 0.4) is 0 Å². The fraction of sp³-hybridized carbons (Fsp3) is 0.364. The van der Waals surface area contributed by atoms with Crippen molar-refractivity contribution in [1.29, 1.82) is 0 Å². The van der Waals surface area contributed by atoms with E-state index in [4.69, 9.17) is 10.5 Å². The van der Waals surface area contributed by atoms with Gasteiger partial charge in [0.1, 0.15) is 18.0 Å². The first-order valence-electron chi connectivity index (χ1n) is 5.38. The lowest BCUT2D eigenvalue weighted by molar-refractivity contribution is -0.136. The third-order valence-corrected chi connectivity index (χ3v) is 3.53. The Morgan fingerprint density at radius 3 is 2.65 bits per heavy atom. The van der Waals surface area contributed by atoms with Gasteiger partial charge in [-0.15, -0.1) is 0 Å². The molecular formula is C11H13F3N2O3S. The van der Waals surface area contributed by atoms with Crippen molar-refractivity contribution in [3.05, 3.63) is 18.2 Å². The molecule has 0 aromatic heterocycles. The van der Waals surface area contributed by atoms with E-state index >= 15 is 0 Å². The van der Waals surface area contributed by atoms with Crippen LogP contribution in [0.2, 0.25) is 0 Å². The molecule has 0 aliphatic rings. The van der Waals surface area contributed by atoms with Gasteiger partial charge < -0.3 is 15.8 Å². The zero-order valence-electron chi connectivity index (χ0n) is 10.5. The standard InChI is InChI=1S/C11H13F3N2O3S/c1-19-8-4-7(15)2-3-9(8)20(18)5-10(17)16-6-11(12,13)14/h2-4H,5-6,15H2,1H3,(H,16,17). The summed E-state index contributed by atoms with van der Waals surface area (Å²) in [6.45, 7) is -1.46. The van der Waals surface area contributed by atoms with Crippen molar-refractivity contribution in [1.82, 2.24) is 5.32 Å². The van der Waals surface area contributed by atoms with Gasteiger partial charge in [0.25, 0.3) is 0 Å². The molecule has 9 heteroatoms. The van der Waals surface area contributed by atoms with Crippen LogP contribution in [0.15, 0.2) is 23.1 Å². The number of amides is 1. The van der Waals surface area contributed by atoms with E-state index in [1.165, 1.54) is 25.3 Å². The van der Waals surface area contributed by atoms with Crippen molar-refractivity contribution in [3.63, 3.8) is 0 Å². The van der Waals surface area contributed by atoms with Crippen molar-refractivity contribution < 1.29 is 26.9 Å². The van der Waals surface area contributed by atoms with Gasteiger partial charge in [-0.25, -0.2) is 0 Å². The highest BCUT2D eigenvalue weighted by molar-refractivity contribution is 7.85. The van der Waals surface area contributed by atoms with Crippen LogP contribution >= 0.6 is 0 Å². The average molecular weight is 310 g/mol. The van der Waals surface area contributed by atoms with Crippen molar-refractivity contribution in [2.45, 2.75) is 11.1 Å². The number of rotatable bonds is 5. The summed E-state index contributed by atoms with van der Waals surface area (Å²) in [4.78, 5) is 11.5. The lowest BCUT2D eigenvalue weighted by Crippen LogP contribution is -2.36. The number of methoxy groups -OCH3 is 1. The van der Waals surface area contributed by atoms with Gasteiger partial charge in [-0.2, -0.15) is 13.2 Å². The highest BCUT2D eigenvalue weighted by Crippen LogP contribution is 2.24. The second kappa shape index (κ2) is 6.60. The largest absolute Gasteiger partial charge is 0.495 e. The summed E-state index contributed by atoms with van der Waals surface area (Å²) in [5, 5.41) is 1.65. The maximum absolute atomic E-state index is 11.9. The zero-order chi connectivity index (χ0) is 15.3. The first kappa shape index (κ1) is 16.3. The Hall–Kier alpha value is -1.77. The fourth-order valence-electron chi connectivity index (χ4n) is 1.32. The van der Waals surface area contributed by atoms with E-state index in [-0.39, 0.29) is 10.6 Å². The molecule has 1 rings (SSSR count). The Morgan fingerprint density at radius 1 is 1.45 bits per heavy atom. The van der Waals surface area contributed by atoms with Crippen LogP contribution in [-0.2, 0) is 15.6 Å². The van der Waals surface area contributed by atoms with E-state index in [2.05, 4.69) is 0 Å². The van der Waals surface area contributed by atoms with Crippen LogP contribution in [0.1, 0.15) is 0 Å². The number of carbonyl (C=O) groups is 1. The quantitative estimate of drug-likeness (QED) is 0.797. The Balaban J connectivity index is 2.69. The number of hydrogen-bond donors (Lipinski definition) is 2. The third kappa shape index (κ3) is 5.08. The SMILES string of the molecule is COc1cc(N)ccc1S(=O)CC(=O)NCC(F)(F)F. The van der Waals surface area contributed by atoms with Crippen molar-refractivity contribution in [3.8, 4) is 5.75 Å². The molecule has 1 atom stereocenters. The smallest absolute Gasteiger partial charge is 0.405 e. The Morgan fingerprint density at radius 2 is 2.10 bits per heavy atom. The molecule has 112 valence electrons. The maximum atomic E-state index is 11.9. The normalized spacial score (nSPS) is 12.8. The summed E-state index contributed by atoms with van der Waals surface area (Å²) in [6, 6.07) is 4.28. The predicted octanol–water partition coefficient (Wildman–Crippen LogP) is 1.06. The molecule has 20 heavy (non-hydrogen) atoms. The van der Waals surface area contributed by atoms with Crippen molar-refractivity contribution >= 4 is 22.4 Å². The van der Waals surface area contributed by atoms with Gasteiger partial charge in [0.15, 0.2) is 0 Å². The molecule has 5 nitrogen and oxygen atoms in total. The minimum Gasteiger partial charge on any atom is -0.495 e. The fourth-order valence-corrected chi connectivity index (χ4v) is 2.40. The topological polar surface area (TPSA) is 81.4 Å². The summed E-state index contributed by atoms with van der Waals surface area (Å²) in [5.74, 6) is -1.33. The lowest BCUT2D eigenvalue weighted by atomic mass is 10.3. The van der Waals surface area contributed by atoms with E-state index < -0.39 is 35.2 Å². The number of hydrogen-bond acceptors (Lipinski definition) is 4. The van der Waals surface area contributed by atoms with Crippen LogP contribution in [0, 0.1) is 0 Å². The molecule has 0 saturated heterocycles. The number of nitrogens with two attached hydrogens (primary N) is 1. The van der Waals surface area contributed by atoms with Crippen LogP contribution in [0.25, 0.3) is 0 Å². The van der Waals surface area contributed by atoms with Crippen molar-refractivity contribution in [2.75, 3.05) is 25.1 Å². The van der Waals surface area contributed by atoms with E-state index in [1.807, 2.05) is 0 Å². The van der Waals surface area contributed by atoms with Crippen LogP contribution in [-0.4, -0.2) is 35.7 Å². The van der Waals surface area contributed by atoms with Crippen LogP contribution in [0.5, 0.6) is 5.75 Å². The number of benzene rings is 1. The molecular weight excluding hydrogens is 297 g/mol. The van der Waals surface area contributed by atoms with E-state index in [9.17, 15) is 22.2 Å².